The zero-order valence-electron chi connectivity index (χ0n) is 16.1. The first-order valence-corrected chi connectivity index (χ1v) is 9.32. The van der Waals surface area contributed by atoms with Crippen LogP contribution < -0.4 is 10.2 Å². The molecule has 1 N–H and O–H groups in total. The Kier molecular flexibility index (Phi) is 5.91. The molecule has 142 valence electrons. The van der Waals surface area contributed by atoms with Gasteiger partial charge in [0.15, 0.2) is 0 Å². The maximum atomic E-state index is 12.5. The standard InChI is InChI=1S/C22H26N2O3/c1-15-4-5-18(14-16(15)2)22(26)23-19-6-8-20(9-7-19)24(17(3)25)21-10-12-27-13-11-21/h4-9,14,21H,10-13H2,1-3H3,(H,23,26). The summed E-state index contributed by atoms with van der Waals surface area (Å²) in [5.41, 5.74) is 4.44. The van der Waals surface area contributed by atoms with Crippen LogP contribution in [0.15, 0.2) is 42.5 Å². The molecule has 0 spiro atoms. The Morgan fingerprint density at radius 3 is 2.26 bits per heavy atom. The molecule has 1 saturated heterocycles. The highest BCUT2D eigenvalue weighted by atomic mass is 16.5. The molecule has 27 heavy (non-hydrogen) atoms. The van der Waals surface area contributed by atoms with Gasteiger partial charge in [0.05, 0.1) is 0 Å². The smallest absolute Gasteiger partial charge is 0.255 e. The van der Waals surface area contributed by atoms with Crippen molar-refractivity contribution in [3.05, 3.63) is 59.2 Å². The fraction of sp³-hybridized carbons (Fsp3) is 0.364. The summed E-state index contributed by atoms with van der Waals surface area (Å²) in [7, 11) is 0. The van der Waals surface area contributed by atoms with Gasteiger partial charge in [-0.3, -0.25) is 9.59 Å². The van der Waals surface area contributed by atoms with Gasteiger partial charge in [-0.1, -0.05) is 6.07 Å². The molecule has 1 fully saturated rings. The molecule has 1 heterocycles. The molecule has 3 rings (SSSR count). The number of nitrogens with zero attached hydrogens (tertiary/aromatic N) is 1. The number of carbonyl (C=O) groups is 2. The minimum atomic E-state index is -0.140. The van der Waals surface area contributed by atoms with Crippen LogP contribution in [0.2, 0.25) is 0 Å². The quantitative estimate of drug-likeness (QED) is 0.887. The lowest BCUT2D eigenvalue weighted by Gasteiger charge is -2.33. The number of amides is 2. The molecule has 0 aromatic heterocycles. The fourth-order valence-corrected chi connectivity index (χ4v) is 3.38. The number of benzene rings is 2. The number of ether oxygens (including phenoxy) is 1. The number of nitrogens with one attached hydrogen (secondary N) is 1. The van der Waals surface area contributed by atoms with Crippen LogP contribution in [0.25, 0.3) is 0 Å². The number of hydrogen-bond acceptors (Lipinski definition) is 3. The van der Waals surface area contributed by atoms with Gasteiger partial charge in [-0.05, 0) is 74.2 Å². The van der Waals surface area contributed by atoms with Gasteiger partial charge in [-0.25, -0.2) is 0 Å². The first kappa shape index (κ1) is 19.1. The number of carbonyl (C=O) groups excluding carboxylic acids is 2. The van der Waals surface area contributed by atoms with E-state index in [-0.39, 0.29) is 17.9 Å². The molecule has 0 radical (unpaired) electrons. The van der Waals surface area contributed by atoms with Gasteiger partial charge in [-0.15, -0.1) is 0 Å². The number of hydrogen-bond donors (Lipinski definition) is 1. The van der Waals surface area contributed by atoms with E-state index in [4.69, 9.17) is 4.74 Å². The lowest BCUT2D eigenvalue weighted by molar-refractivity contribution is -0.117. The average Bonchev–Trinajstić information content (AvgIpc) is 2.66. The van der Waals surface area contributed by atoms with Crippen molar-refractivity contribution in [3.63, 3.8) is 0 Å². The molecule has 5 heteroatoms. The maximum Gasteiger partial charge on any atom is 0.255 e. The molecule has 5 nitrogen and oxygen atoms in total. The van der Waals surface area contributed by atoms with Crippen LogP contribution >= 0.6 is 0 Å². The van der Waals surface area contributed by atoms with Crippen molar-refractivity contribution in [2.45, 2.75) is 39.7 Å². The number of aryl methyl sites for hydroxylation is 2. The van der Waals surface area contributed by atoms with Gasteiger partial charge in [0.25, 0.3) is 5.91 Å². The van der Waals surface area contributed by atoms with E-state index >= 15 is 0 Å². The summed E-state index contributed by atoms with van der Waals surface area (Å²) in [6, 6.07) is 13.3. The molecule has 2 aromatic rings. The Hall–Kier alpha value is -2.66. The Morgan fingerprint density at radius 1 is 1.00 bits per heavy atom. The second-order valence-corrected chi connectivity index (χ2v) is 7.03. The molecule has 0 atom stereocenters. The number of rotatable bonds is 4. The third kappa shape index (κ3) is 4.55. The van der Waals surface area contributed by atoms with Crippen molar-refractivity contribution in [3.8, 4) is 0 Å². The van der Waals surface area contributed by atoms with Crippen molar-refractivity contribution in [2.24, 2.45) is 0 Å². The van der Waals surface area contributed by atoms with E-state index in [1.54, 1.807) is 6.92 Å². The van der Waals surface area contributed by atoms with E-state index in [1.807, 2.05) is 61.2 Å². The average molecular weight is 366 g/mol. The van der Waals surface area contributed by atoms with Crippen molar-refractivity contribution < 1.29 is 14.3 Å². The summed E-state index contributed by atoms with van der Waals surface area (Å²) in [5.74, 6) is -0.118. The normalized spacial score (nSPS) is 14.6. The van der Waals surface area contributed by atoms with Crippen molar-refractivity contribution in [1.82, 2.24) is 0 Å². The highest BCUT2D eigenvalue weighted by Gasteiger charge is 2.25. The van der Waals surface area contributed by atoms with E-state index in [2.05, 4.69) is 5.32 Å². The van der Waals surface area contributed by atoms with Crippen LogP contribution in [0, 0.1) is 13.8 Å². The topological polar surface area (TPSA) is 58.6 Å². The highest BCUT2D eigenvalue weighted by Crippen LogP contribution is 2.25. The van der Waals surface area contributed by atoms with Crippen LogP contribution in [-0.2, 0) is 9.53 Å². The molecule has 2 aromatic carbocycles. The van der Waals surface area contributed by atoms with Crippen LogP contribution in [0.1, 0.15) is 41.3 Å². The first-order chi connectivity index (χ1) is 13.0. The Labute approximate surface area is 160 Å². The minimum Gasteiger partial charge on any atom is -0.381 e. The first-order valence-electron chi connectivity index (χ1n) is 9.32. The molecule has 1 aliphatic heterocycles. The third-order valence-electron chi connectivity index (χ3n) is 5.07. The summed E-state index contributed by atoms with van der Waals surface area (Å²) < 4.78 is 5.40. The van der Waals surface area contributed by atoms with Gasteiger partial charge in [0.2, 0.25) is 5.91 Å². The summed E-state index contributed by atoms with van der Waals surface area (Å²) in [6.45, 7) is 6.96. The van der Waals surface area contributed by atoms with Crippen molar-refractivity contribution >= 4 is 23.2 Å². The summed E-state index contributed by atoms with van der Waals surface area (Å²) >= 11 is 0. The molecule has 0 unspecified atom stereocenters. The fourth-order valence-electron chi connectivity index (χ4n) is 3.38. The third-order valence-corrected chi connectivity index (χ3v) is 5.07. The Bertz CT molecular complexity index is 824. The lowest BCUT2D eigenvalue weighted by Crippen LogP contribution is -2.42. The zero-order chi connectivity index (χ0) is 19.4. The molecule has 2 amide bonds. The van der Waals surface area contributed by atoms with E-state index in [0.717, 1.165) is 29.7 Å². The van der Waals surface area contributed by atoms with Crippen molar-refractivity contribution in [2.75, 3.05) is 23.4 Å². The van der Waals surface area contributed by atoms with Crippen molar-refractivity contribution in [1.29, 1.82) is 0 Å². The second kappa shape index (κ2) is 8.35. The summed E-state index contributed by atoms with van der Waals surface area (Å²) in [4.78, 5) is 26.5. The molecule has 0 aliphatic carbocycles. The van der Waals surface area contributed by atoms with Crippen LogP contribution in [0.3, 0.4) is 0 Å². The SMILES string of the molecule is CC(=O)N(c1ccc(NC(=O)c2ccc(C)c(C)c2)cc1)C1CCOCC1. The lowest BCUT2D eigenvalue weighted by atomic mass is 10.1. The number of anilines is 2. The van der Waals surface area contributed by atoms with Gasteiger partial charge in [-0.2, -0.15) is 0 Å². The van der Waals surface area contributed by atoms with Gasteiger partial charge < -0.3 is 15.0 Å². The van der Waals surface area contributed by atoms with Gasteiger partial charge >= 0.3 is 0 Å². The highest BCUT2D eigenvalue weighted by molar-refractivity contribution is 6.04. The van der Waals surface area contributed by atoms with E-state index in [0.29, 0.717) is 24.5 Å². The molecule has 0 saturated carbocycles. The Balaban J connectivity index is 1.72. The minimum absolute atomic E-state index is 0.0221. The second-order valence-electron chi connectivity index (χ2n) is 7.03. The van der Waals surface area contributed by atoms with E-state index < -0.39 is 0 Å². The van der Waals surface area contributed by atoms with Gasteiger partial charge in [0, 0.05) is 43.1 Å². The molecular weight excluding hydrogens is 340 g/mol. The molecular formula is C22H26N2O3. The predicted molar refractivity (Wildman–Crippen MR) is 107 cm³/mol. The van der Waals surface area contributed by atoms with Gasteiger partial charge in [0.1, 0.15) is 0 Å². The van der Waals surface area contributed by atoms with E-state index in [9.17, 15) is 9.59 Å². The Morgan fingerprint density at radius 2 is 1.67 bits per heavy atom. The summed E-state index contributed by atoms with van der Waals surface area (Å²) in [6.07, 6.45) is 1.68. The predicted octanol–water partition coefficient (Wildman–Crippen LogP) is 4.09. The van der Waals surface area contributed by atoms with Crippen LogP contribution in [-0.4, -0.2) is 31.1 Å². The molecule has 0 bridgehead atoms. The largest absolute Gasteiger partial charge is 0.381 e. The van der Waals surface area contributed by atoms with Crippen LogP contribution in [0.5, 0.6) is 0 Å². The zero-order valence-corrected chi connectivity index (χ0v) is 16.1. The maximum absolute atomic E-state index is 12.5. The molecule has 1 aliphatic rings. The van der Waals surface area contributed by atoms with E-state index in [1.165, 1.54) is 0 Å². The monoisotopic (exact) mass is 366 g/mol. The van der Waals surface area contributed by atoms with Crippen LogP contribution in [0.4, 0.5) is 11.4 Å². The summed E-state index contributed by atoms with van der Waals surface area (Å²) in [5, 5.41) is 2.92.